The summed E-state index contributed by atoms with van der Waals surface area (Å²) in [4.78, 5) is 0. The highest BCUT2D eigenvalue weighted by molar-refractivity contribution is 9.10. The number of hydrogen-bond donors (Lipinski definition) is 1. The monoisotopic (exact) mass is 232 g/mol. The van der Waals surface area contributed by atoms with E-state index in [2.05, 4.69) is 15.9 Å². The Kier molecular flexibility index (Phi) is 3.69. The van der Waals surface area contributed by atoms with Crippen LogP contribution in [0.2, 0.25) is 0 Å². The Morgan fingerprint density at radius 3 is 2.67 bits per heavy atom. The quantitative estimate of drug-likeness (QED) is 0.849. The van der Waals surface area contributed by atoms with Crippen LogP contribution in [-0.4, -0.2) is 17.9 Å². The van der Waals surface area contributed by atoms with Gasteiger partial charge in [-0.3, -0.25) is 0 Å². The van der Waals surface area contributed by atoms with Crippen LogP contribution in [0.3, 0.4) is 0 Å². The Hall–Kier alpha value is -0.410. The van der Waals surface area contributed by atoms with Crippen molar-refractivity contribution >= 4 is 15.9 Å². The highest BCUT2D eigenvalue weighted by Gasteiger charge is 2.07. The fourth-order valence-corrected chi connectivity index (χ4v) is 1.41. The largest absolute Gasteiger partial charge is 0.393 e. The van der Waals surface area contributed by atoms with Crippen molar-refractivity contribution in [3.8, 4) is 0 Å². The van der Waals surface area contributed by atoms with Gasteiger partial charge in [0.2, 0.25) is 0 Å². The van der Waals surface area contributed by atoms with Crippen LogP contribution in [0, 0.1) is 0 Å². The van der Waals surface area contributed by atoms with Gasteiger partial charge in [-0.05, 0) is 11.6 Å². The molecule has 1 N–H and O–H groups in total. The van der Waals surface area contributed by atoms with Gasteiger partial charge in [0, 0.05) is 10.9 Å². The molecule has 12 heavy (non-hydrogen) atoms. The zero-order chi connectivity index (χ0) is 8.97. The molecule has 0 saturated carbocycles. The minimum Gasteiger partial charge on any atom is -0.393 e. The molecule has 0 saturated heterocycles. The summed E-state index contributed by atoms with van der Waals surface area (Å²) in [5.74, 6) is 0. The van der Waals surface area contributed by atoms with Crippen molar-refractivity contribution in [1.29, 1.82) is 0 Å². The summed E-state index contributed by atoms with van der Waals surface area (Å²) in [5, 5.41) is 8.50. The molecule has 1 rings (SSSR count). The molecule has 0 aliphatic heterocycles. The fourth-order valence-electron chi connectivity index (χ4n) is 0.967. The van der Waals surface area contributed by atoms with Crippen LogP contribution in [-0.2, 0) is 6.42 Å². The molecule has 0 amide bonds. The van der Waals surface area contributed by atoms with Crippen molar-refractivity contribution in [2.75, 3.05) is 6.61 Å². The summed E-state index contributed by atoms with van der Waals surface area (Å²) < 4.78 is 13.6. The molecule has 0 aliphatic carbocycles. The van der Waals surface area contributed by atoms with Gasteiger partial charge in [0.1, 0.15) is 6.17 Å². The Morgan fingerprint density at radius 2 is 2.08 bits per heavy atom. The molecular weight excluding hydrogens is 223 g/mol. The van der Waals surface area contributed by atoms with Gasteiger partial charge in [-0.15, -0.1) is 0 Å². The Morgan fingerprint density at radius 1 is 1.42 bits per heavy atom. The SMILES string of the molecule is OC[C@@H](F)Cc1ccccc1Br. The molecule has 0 aliphatic rings. The average Bonchev–Trinajstić information content (AvgIpc) is 2.09. The number of rotatable bonds is 3. The first-order valence-corrected chi connectivity index (χ1v) is 4.51. The van der Waals surface area contributed by atoms with Gasteiger partial charge >= 0.3 is 0 Å². The van der Waals surface area contributed by atoms with Crippen molar-refractivity contribution in [2.24, 2.45) is 0 Å². The van der Waals surface area contributed by atoms with Gasteiger partial charge in [0.25, 0.3) is 0 Å². The second kappa shape index (κ2) is 4.58. The average molecular weight is 233 g/mol. The molecule has 0 unspecified atom stereocenters. The maximum absolute atomic E-state index is 12.7. The molecule has 0 spiro atoms. The van der Waals surface area contributed by atoms with Crippen molar-refractivity contribution in [2.45, 2.75) is 12.6 Å². The van der Waals surface area contributed by atoms with Crippen LogP contribution in [0.4, 0.5) is 4.39 Å². The summed E-state index contributed by atoms with van der Waals surface area (Å²) in [6.45, 7) is -0.415. The number of halogens is 2. The van der Waals surface area contributed by atoms with Crippen molar-refractivity contribution < 1.29 is 9.50 Å². The van der Waals surface area contributed by atoms with Gasteiger partial charge < -0.3 is 5.11 Å². The molecule has 1 aromatic carbocycles. The van der Waals surface area contributed by atoms with E-state index < -0.39 is 12.8 Å². The Labute approximate surface area is 79.4 Å². The second-order valence-electron chi connectivity index (χ2n) is 2.58. The third-order valence-corrected chi connectivity index (χ3v) is 2.37. The molecule has 1 nitrogen and oxygen atoms in total. The van der Waals surface area contributed by atoms with E-state index >= 15 is 0 Å². The van der Waals surface area contributed by atoms with Crippen LogP contribution >= 0.6 is 15.9 Å². The molecule has 66 valence electrons. The maximum atomic E-state index is 12.7. The lowest BCUT2D eigenvalue weighted by atomic mass is 10.1. The number of alkyl halides is 1. The van der Waals surface area contributed by atoms with Crippen LogP contribution in [0.15, 0.2) is 28.7 Å². The molecule has 0 radical (unpaired) electrons. The predicted molar refractivity (Wildman–Crippen MR) is 49.8 cm³/mol. The maximum Gasteiger partial charge on any atom is 0.127 e. The smallest absolute Gasteiger partial charge is 0.127 e. The zero-order valence-electron chi connectivity index (χ0n) is 6.50. The van der Waals surface area contributed by atoms with E-state index in [9.17, 15) is 4.39 Å². The molecule has 0 aromatic heterocycles. The summed E-state index contributed by atoms with van der Waals surface area (Å²) in [6.07, 6.45) is -0.901. The highest BCUT2D eigenvalue weighted by atomic mass is 79.9. The van der Waals surface area contributed by atoms with E-state index in [1.165, 1.54) is 0 Å². The minimum absolute atomic E-state index is 0.262. The van der Waals surface area contributed by atoms with E-state index in [-0.39, 0.29) is 6.42 Å². The van der Waals surface area contributed by atoms with Gasteiger partial charge in [0.15, 0.2) is 0 Å². The molecule has 1 atom stereocenters. The molecular formula is C9H10BrFO. The van der Waals surface area contributed by atoms with E-state index in [0.29, 0.717) is 0 Å². The molecule has 0 bridgehead atoms. The van der Waals surface area contributed by atoms with Gasteiger partial charge in [-0.1, -0.05) is 34.1 Å². The van der Waals surface area contributed by atoms with Crippen molar-refractivity contribution in [1.82, 2.24) is 0 Å². The summed E-state index contributed by atoms with van der Waals surface area (Å²) in [7, 11) is 0. The lowest BCUT2D eigenvalue weighted by molar-refractivity contribution is 0.177. The summed E-state index contributed by atoms with van der Waals surface area (Å²) in [5.41, 5.74) is 0.888. The summed E-state index contributed by atoms with van der Waals surface area (Å²) in [6, 6.07) is 7.43. The lowest BCUT2D eigenvalue weighted by Crippen LogP contribution is -2.09. The molecule has 0 fully saturated rings. The van der Waals surface area contributed by atoms with E-state index in [1.807, 2.05) is 24.3 Å². The first kappa shape index (κ1) is 9.68. The predicted octanol–water partition coefficient (Wildman–Crippen LogP) is 2.32. The van der Waals surface area contributed by atoms with Crippen LogP contribution < -0.4 is 0 Å². The number of hydrogen-bond acceptors (Lipinski definition) is 1. The third-order valence-electron chi connectivity index (χ3n) is 1.60. The van der Waals surface area contributed by atoms with Crippen LogP contribution in [0.1, 0.15) is 5.56 Å². The van der Waals surface area contributed by atoms with E-state index in [0.717, 1.165) is 10.0 Å². The minimum atomic E-state index is -1.16. The van der Waals surface area contributed by atoms with E-state index in [1.54, 1.807) is 0 Å². The Balaban J connectivity index is 2.69. The van der Waals surface area contributed by atoms with Gasteiger partial charge in [0.05, 0.1) is 6.61 Å². The topological polar surface area (TPSA) is 20.2 Å². The highest BCUT2D eigenvalue weighted by Crippen LogP contribution is 2.18. The number of aliphatic hydroxyl groups excluding tert-OH is 1. The fraction of sp³-hybridized carbons (Fsp3) is 0.333. The van der Waals surface area contributed by atoms with Crippen molar-refractivity contribution in [3.63, 3.8) is 0 Å². The van der Waals surface area contributed by atoms with Crippen LogP contribution in [0.25, 0.3) is 0 Å². The first-order chi connectivity index (χ1) is 5.74. The molecule has 3 heteroatoms. The van der Waals surface area contributed by atoms with Gasteiger partial charge in [-0.25, -0.2) is 4.39 Å². The Bertz CT molecular complexity index is 252. The van der Waals surface area contributed by atoms with Crippen LogP contribution in [0.5, 0.6) is 0 Å². The lowest BCUT2D eigenvalue weighted by Gasteiger charge is -2.05. The molecule has 1 aromatic rings. The standard InChI is InChI=1S/C9H10BrFO/c10-9-4-2-1-3-7(9)5-8(11)6-12/h1-4,8,12H,5-6H2/t8-/m0/s1. The van der Waals surface area contributed by atoms with Crippen molar-refractivity contribution in [3.05, 3.63) is 34.3 Å². The van der Waals surface area contributed by atoms with E-state index in [4.69, 9.17) is 5.11 Å². The normalized spacial score (nSPS) is 12.9. The number of aliphatic hydroxyl groups is 1. The zero-order valence-corrected chi connectivity index (χ0v) is 8.09. The third kappa shape index (κ3) is 2.57. The number of benzene rings is 1. The summed E-state index contributed by atoms with van der Waals surface area (Å²) >= 11 is 3.31. The first-order valence-electron chi connectivity index (χ1n) is 3.72. The molecule has 0 heterocycles. The van der Waals surface area contributed by atoms with Gasteiger partial charge in [-0.2, -0.15) is 0 Å². The second-order valence-corrected chi connectivity index (χ2v) is 3.43.